The van der Waals surface area contributed by atoms with Crippen LogP contribution in [0.25, 0.3) is 10.9 Å². The Kier molecular flexibility index (Phi) is 4.02. The van der Waals surface area contributed by atoms with Gasteiger partial charge in [-0.25, -0.2) is 8.78 Å². The fraction of sp³-hybridized carbons (Fsp3) is 0.333. The second-order valence-corrected chi connectivity index (χ2v) is 7.41. The number of halogens is 2. The average molecular weight is 370 g/mol. The summed E-state index contributed by atoms with van der Waals surface area (Å²) in [6.07, 6.45) is 2.73. The molecule has 6 heteroatoms. The first-order valence-corrected chi connectivity index (χ1v) is 8.94. The minimum Gasteiger partial charge on any atom is -0.481 e. The molecule has 1 fully saturated rings. The Morgan fingerprint density at radius 2 is 2.07 bits per heavy atom. The number of carboxylic acid groups (broad SMARTS) is 1. The number of hydrogen-bond donors (Lipinski definition) is 1. The molecular weight excluding hydrogens is 350 g/mol. The number of rotatable bonds is 3. The van der Waals surface area contributed by atoms with Crippen molar-refractivity contribution in [2.45, 2.75) is 37.5 Å². The smallest absolute Gasteiger partial charge is 0.314 e. The summed E-state index contributed by atoms with van der Waals surface area (Å²) in [4.78, 5) is 12.2. The van der Waals surface area contributed by atoms with Crippen LogP contribution in [0.2, 0.25) is 0 Å². The van der Waals surface area contributed by atoms with Crippen molar-refractivity contribution in [1.82, 2.24) is 9.78 Å². The lowest BCUT2D eigenvalue weighted by molar-refractivity contribution is -0.143. The van der Waals surface area contributed by atoms with E-state index >= 15 is 4.39 Å². The number of aromatic nitrogens is 2. The highest BCUT2D eigenvalue weighted by molar-refractivity contribution is 5.83. The lowest BCUT2D eigenvalue weighted by atomic mass is 9.75. The van der Waals surface area contributed by atoms with Gasteiger partial charge in [0, 0.05) is 12.4 Å². The zero-order valence-electron chi connectivity index (χ0n) is 15.2. The van der Waals surface area contributed by atoms with Crippen molar-refractivity contribution in [1.29, 1.82) is 0 Å². The van der Waals surface area contributed by atoms with Crippen molar-refractivity contribution in [3.63, 3.8) is 0 Å². The second kappa shape index (κ2) is 6.15. The predicted molar refractivity (Wildman–Crippen MR) is 97.7 cm³/mol. The number of hydrogen-bond acceptors (Lipinski definition) is 2. The molecule has 1 aromatic heterocycles. The van der Waals surface area contributed by atoms with Crippen molar-refractivity contribution in [2.75, 3.05) is 0 Å². The van der Waals surface area contributed by atoms with E-state index in [1.807, 2.05) is 6.07 Å². The van der Waals surface area contributed by atoms with Gasteiger partial charge in [-0.15, -0.1) is 0 Å². The van der Waals surface area contributed by atoms with Crippen molar-refractivity contribution in [3.8, 4) is 0 Å². The number of benzene rings is 2. The Hall–Kier alpha value is -2.76. The minimum atomic E-state index is -1.20. The fourth-order valence-corrected chi connectivity index (χ4v) is 4.54. The molecule has 0 saturated heterocycles. The normalized spacial score (nSPS) is 22.4. The van der Waals surface area contributed by atoms with E-state index in [0.717, 1.165) is 0 Å². The Morgan fingerprint density at radius 3 is 2.81 bits per heavy atom. The van der Waals surface area contributed by atoms with Crippen molar-refractivity contribution >= 4 is 16.9 Å². The molecule has 0 spiro atoms. The van der Waals surface area contributed by atoms with Gasteiger partial charge in [0.05, 0.1) is 11.6 Å². The zero-order chi connectivity index (χ0) is 19.3. The van der Waals surface area contributed by atoms with Crippen LogP contribution in [0.15, 0.2) is 36.5 Å². The summed E-state index contributed by atoms with van der Waals surface area (Å²) in [7, 11) is 1.68. The summed E-state index contributed by atoms with van der Waals surface area (Å²) in [5, 5.41) is 14.8. The molecule has 1 heterocycles. The van der Waals surface area contributed by atoms with Gasteiger partial charge in [-0.3, -0.25) is 9.48 Å². The zero-order valence-corrected chi connectivity index (χ0v) is 15.2. The molecule has 0 radical (unpaired) electrons. The van der Waals surface area contributed by atoms with Gasteiger partial charge in [-0.1, -0.05) is 24.3 Å². The summed E-state index contributed by atoms with van der Waals surface area (Å²) in [6, 6.07) is 8.08. The highest BCUT2D eigenvalue weighted by atomic mass is 19.1. The van der Waals surface area contributed by atoms with E-state index in [9.17, 15) is 14.3 Å². The van der Waals surface area contributed by atoms with Crippen molar-refractivity contribution in [3.05, 3.63) is 64.9 Å². The Balaban J connectivity index is 1.79. The maximum Gasteiger partial charge on any atom is 0.314 e. The maximum atomic E-state index is 15.1. The predicted octanol–water partition coefficient (Wildman–Crippen LogP) is 4.45. The van der Waals surface area contributed by atoms with Crippen LogP contribution in [-0.4, -0.2) is 20.9 Å². The number of carbonyl (C=O) groups is 1. The van der Waals surface area contributed by atoms with Crippen LogP contribution in [0.4, 0.5) is 8.78 Å². The van der Waals surface area contributed by atoms with E-state index in [2.05, 4.69) is 5.10 Å². The molecule has 0 aliphatic heterocycles. The number of nitrogens with zero attached hydrogens (tertiary/aromatic N) is 2. The molecule has 4 rings (SSSR count). The van der Waals surface area contributed by atoms with Gasteiger partial charge in [-0.05, 0) is 54.9 Å². The quantitative estimate of drug-likeness (QED) is 0.741. The van der Waals surface area contributed by atoms with Crippen LogP contribution in [0.3, 0.4) is 0 Å². The molecule has 0 amide bonds. The average Bonchev–Trinajstić information content (AvgIpc) is 3.23. The van der Waals surface area contributed by atoms with Gasteiger partial charge in [0.1, 0.15) is 11.3 Å². The van der Waals surface area contributed by atoms with Gasteiger partial charge in [0.2, 0.25) is 0 Å². The summed E-state index contributed by atoms with van der Waals surface area (Å²) >= 11 is 0. The fourth-order valence-electron chi connectivity index (χ4n) is 4.54. The first kappa shape index (κ1) is 17.6. The first-order chi connectivity index (χ1) is 12.8. The SMILES string of the molecule is Cc1c(F)cccc1[C@]1(C(=O)O)CCC(c2ccc3cnn(C)c3c2F)C1. The Bertz CT molecular complexity index is 1060. The summed E-state index contributed by atoms with van der Waals surface area (Å²) in [5.74, 6) is -2.00. The van der Waals surface area contributed by atoms with Gasteiger partial charge in [0.25, 0.3) is 0 Å². The highest BCUT2D eigenvalue weighted by Crippen LogP contribution is 2.50. The van der Waals surface area contributed by atoms with E-state index < -0.39 is 17.2 Å². The van der Waals surface area contributed by atoms with E-state index in [-0.39, 0.29) is 18.2 Å². The van der Waals surface area contributed by atoms with Crippen LogP contribution >= 0.6 is 0 Å². The molecule has 27 heavy (non-hydrogen) atoms. The van der Waals surface area contributed by atoms with Gasteiger partial charge in [0.15, 0.2) is 5.82 Å². The van der Waals surface area contributed by atoms with Crippen LogP contribution in [0.1, 0.15) is 41.9 Å². The van der Waals surface area contributed by atoms with Crippen molar-refractivity contribution < 1.29 is 18.7 Å². The minimum absolute atomic E-state index is 0.243. The maximum absolute atomic E-state index is 15.1. The van der Waals surface area contributed by atoms with E-state index in [4.69, 9.17) is 0 Å². The molecule has 2 atom stereocenters. The molecular formula is C21H20F2N2O2. The van der Waals surface area contributed by atoms with E-state index in [1.54, 1.807) is 32.3 Å². The third-order valence-corrected chi connectivity index (χ3v) is 6.02. The highest BCUT2D eigenvalue weighted by Gasteiger charge is 2.48. The molecule has 140 valence electrons. The number of fused-ring (bicyclic) bond motifs is 1. The van der Waals surface area contributed by atoms with Gasteiger partial charge < -0.3 is 5.11 Å². The first-order valence-electron chi connectivity index (χ1n) is 8.94. The van der Waals surface area contributed by atoms with Crippen LogP contribution < -0.4 is 0 Å². The van der Waals surface area contributed by atoms with Gasteiger partial charge in [-0.2, -0.15) is 5.10 Å². The summed E-state index contributed by atoms with van der Waals surface area (Å²) in [6.45, 7) is 1.60. The van der Waals surface area contributed by atoms with Crippen molar-refractivity contribution in [2.24, 2.45) is 7.05 Å². The molecule has 2 aromatic carbocycles. The molecule has 0 bridgehead atoms. The monoisotopic (exact) mass is 370 g/mol. The molecule has 3 aromatic rings. The van der Waals surface area contributed by atoms with E-state index in [1.165, 1.54) is 16.8 Å². The van der Waals surface area contributed by atoms with Crippen LogP contribution in [0.5, 0.6) is 0 Å². The Morgan fingerprint density at radius 1 is 1.30 bits per heavy atom. The molecule has 1 aliphatic carbocycles. The van der Waals surface area contributed by atoms with Gasteiger partial charge >= 0.3 is 5.97 Å². The second-order valence-electron chi connectivity index (χ2n) is 7.41. The standard InChI is InChI=1S/C21H20F2N2O2/c1-12-16(4-3-5-17(12)22)21(20(26)27)9-8-13(10-21)15-7-6-14-11-24-25(2)19(14)18(15)23/h3-7,11,13H,8-10H2,1-2H3,(H,26,27)/t13?,21-/m0/s1. The largest absolute Gasteiger partial charge is 0.481 e. The Labute approximate surface area is 155 Å². The third kappa shape index (κ3) is 2.54. The molecule has 1 saturated carbocycles. The topological polar surface area (TPSA) is 55.1 Å². The lowest BCUT2D eigenvalue weighted by Gasteiger charge is -2.27. The van der Waals surface area contributed by atoms with E-state index in [0.29, 0.717) is 40.4 Å². The molecule has 4 nitrogen and oxygen atoms in total. The molecule has 1 aliphatic rings. The summed E-state index contributed by atoms with van der Waals surface area (Å²) in [5.41, 5.74) is 0.554. The number of aliphatic carboxylic acids is 1. The number of carboxylic acids is 1. The lowest BCUT2D eigenvalue weighted by Crippen LogP contribution is -2.34. The molecule has 1 unspecified atom stereocenters. The third-order valence-electron chi connectivity index (χ3n) is 6.02. The van der Waals surface area contributed by atoms with Crippen LogP contribution in [0, 0.1) is 18.6 Å². The number of aryl methyl sites for hydroxylation is 1. The summed E-state index contributed by atoms with van der Waals surface area (Å²) < 4.78 is 30.7. The van der Waals surface area contributed by atoms with Crippen LogP contribution in [-0.2, 0) is 17.3 Å². The molecule has 1 N–H and O–H groups in total.